The molecule has 0 radical (unpaired) electrons. The van der Waals surface area contributed by atoms with Crippen LogP contribution in [0.5, 0.6) is 0 Å². The largest absolute Gasteiger partial charge is 0.334 e. The molecule has 0 aliphatic rings. The Morgan fingerprint density at radius 1 is 1.03 bits per heavy atom. The molecule has 2 heterocycles. The lowest BCUT2D eigenvalue weighted by Gasteiger charge is -2.18. The maximum Gasteiger partial charge on any atom is 0.273 e. The highest BCUT2D eigenvalue weighted by atomic mass is 35.5. The van der Waals surface area contributed by atoms with Crippen LogP contribution in [-0.2, 0) is 10.0 Å². The topological polar surface area (TPSA) is 76.3 Å². The summed E-state index contributed by atoms with van der Waals surface area (Å²) in [6.45, 7) is 1.95. The summed E-state index contributed by atoms with van der Waals surface area (Å²) in [5, 5.41) is 6.27. The van der Waals surface area contributed by atoms with Gasteiger partial charge in [0.25, 0.3) is 15.9 Å². The number of nitrogens with zero attached hydrogens (tertiary/aromatic N) is 3. The van der Waals surface area contributed by atoms with Gasteiger partial charge in [-0.2, -0.15) is 4.98 Å². The van der Waals surface area contributed by atoms with Crippen molar-refractivity contribution in [2.75, 3.05) is 11.4 Å². The van der Waals surface area contributed by atoms with Crippen LogP contribution < -0.4 is 4.31 Å². The first kappa shape index (κ1) is 19.6. The Bertz CT molecular complexity index is 1250. The quantitative estimate of drug-likeness (QED) is 0.419. The van der Waals surface area contributed by atoms with E-state index in [9.17, 15) is 8.42 Å². The number of anilines is 1. The van der Waals surface area contributed by atoms with Crippen LogP contribution in [0.15, 0.2) is 68.7 Å². The van der Waals surface area contributed by atoms with E-state index in [4.69, 9.17) is 16.1 Å². The Kier molecular flexibility index (Phi) is 5.16. The fourth-order valence-corrected chi connectivity index (χ4v) is 5.29. The summed E-state index contributed by atoms with van der Waals surface area (Å²) < 4.78 is 32.7. The van der Waals surface area contributed by atoms with Gasteiger partial charge in [0.1, 0.15) is 4.21 Å². The van der Waals surface area contributed by atoms with Gasteiger partial charge in [-0.05, 0) is 49.4 Å². The van der Waals surface area contributed by atoms with E-state index >= 15 is 0 Å². The van der Waals surface area contributed by atoms with Crippen LogP contribution in [0.2, 0.25) is 5.02 Å². The van der Waals surface area contributed by atoms with Gasteiger partial charge in [0.05, 0.1) is 11.3 Å². The van der Waals surface area contributed by atoms with Crippen LogP contribution in [0.25, 0.3) is 22.8 Å². The van der Waals surface area contributed by atoms with E-state index in [2.05, 4.69) is 10.1 Å². The van der Waals surface area contributed by atoms with Gasteiger partial charge < -0.3 is 4.52 Å². The number of halogens is 1. The van der Waals surface area contributed by atoms with Crippen molar-refractivity contribution in [1.29, 1.82) is 0 Å². The standard InChI is InChI=1S/C20H16ClN3O3S2/c1-13-3-9-17(10-4-13)24(2)29(25,26)18-11-15(12-28-18)20-22-19(23-27-20)14-5-7-16(21)8-6-14/h3-12H,1-2H3. The van der Waals surface area contributed by atoms with Crippen LogP contribution in [0, 0.1) is 6.92 Å². The zero-order chi connectivity index (χ0) is 20.6. The van der Waals surface area contributed by atoms with Gasteiger partial charge in [0.15, 0.2) is 0 Å². The molecule has 29 heavy (non-hydrogen) atoms. The van der Waals surface area contributed by atoms with Crippen LogP contribution in [0.1, 0.15) is 5.56 Å². The zero-order valence-electron chi connectivity index (χ0n) is 15.5. The van der Waals surface area contributed by atoms with Crippen molar-refractivity contribution in [3.8, 4) is 22.8 Å². The third-order valence-corrected chi connectivity index (χ3v) is 7.82. The summed E-state index contributed by atoms with van der Waals surface area (Å²) in [5.41, 5.74) is 2.96. The zero-order valence-corrected chi connectivity index (χ0v) is 17.9. The fraction of sp³-hybridized carbons (Fsp3) is 0.100. The third-order valence-electron chi connectivity index (χ3n) is 4.36. The maximum absolute atomic E-state index is 13.0. The number of aromatic nitrogens is 2. The van der Waals surface area contributed by atoms with E-state index < -0.39 is 10.0 Å². The van der Waals surface area contributed by atoms with E-state index in [1.54, 1.807) is 47.8 Å². The Labute approximate surface area is 177 Å². The first-order valence-corrected chi connectivity index (χ1v) is 11.3. The maximum atomic E-state index is 13.0. The molecule has 4 rings (SSSR count). The van der Waals surface area contributed by atoms with E-state index in [0.29, 0.717) is 22.1 Å². The number of rotatable bonds is 5. The van der Waals surface area contributed by atoms with Gasteiger partial charge in [-0.1, -0.05) is 34.5 Å². The smallest absolute Gasteiger partial charge is 0.273 e. The molecule has 0 aliphatic heterocycles. The molecule has 0 atom stereocenters. The molecule has 0 unspecified atom stereocenters. The minimum absolute atomic E-state index is 0.196. The highest BCUT2D eigenvalue weighted by Gasteiger charge is 2.24. The molecule has 2 aromatic heterocycles. The Morgan fingerprint density at radius 3 is 2.41 bits per heavy atom. The molecule has 0 saturated carbocycles. The van der Waals surface area contributed by atoms with Crippen molar-refractivity contribution in [3.63, 3.8) is 0 Å². The summed E-state index contributed by atoms with van der Waals surface area (Å²) in [4.78, 5) is 4.37. The van der Waals surface area contributed by atoms with Gasteiger partial charge in [-0.3, -0.25) is 4.31 Å². The van der Waals surface area contributed by atoms with E-state index in [1.165, 1.54) is 11.4 Å². The first-order chi connectivity index (χ1) is 13.8. The van der Waals surface area contributed by atoms with Gasteiger partial charge in [0, 0.05) is 23.0 Å². The summed E-state index contributed by atoms with van der Waals surface area (Å²) in [6.07, 6.45) is 0. The number of thiophene rings is 1. The molecule has 148 valence electrons. The lowest BCUT2D eigenvalue weighted by atomic mass is 10.2. The van der Waals surface area contributed by atoms with E-state index in [1.807, 2.05) is 19.1 Å². The molecule has 0 aliphatic carbocycles. The van der Waals surface area contributed by atoms with Crippen molar-refractivity contribution < 1.29 is 12.9 Å². The molecule has 0 fully saturated rings. The molecule has 0 amide bonds. The number of aryl methyl sites for hydroxylation is 1. The fourth-order valence-electron chi connectivity index (χ4n) is 2.65. The highest BCUT2D eigenvalue weighted by molar-refractivity contribution is 7.94. The number of benzene rings is 2. The van der Waals surface area contributed by atoms with Gasteiger partial charge in [-0.15, -0.1) is 11.3 Å². The SMILES string of the molecule is Cc1ccc(N(C)S(=O)(=O)c2cc(-c3nc(-c4ccc(Cl)cc4)no3)cs2)cc1. The molecule has 0 spiro atoms. The van der Waals surface area contributed by atoms with E-state index in [0.717, 1.165) is 22.5 Å². The van der Waals surface area contributed by atoms with Crippen LogP contribution >= 0.6 is 22.9 Å². The molecule has 9 heteroatoms. The Balaban J connectivity index is 1.61. The number of sulfonamides is 1. The molecule has 0 saturated heterocycles. The molecule has 2 aromatic carbocycles. The number of hydrogen-bond donors (Lipinski definition) is 0. The Morgan fingerprint density at radius 2 is 1.72 bits per heavy atom. The molecular weight excluding hydrogens is 430 g/mol. The van der Waals surface area contributed by atoms with Crippen LogP contribution in [0.3, 0.4) is 0 Å². The van der Waals surface area contributed by atoms with Gasteiger partial charge in [-0.25, -0.2) is 8.42 Å². The molecular formula is C20H16ClN3O3S2. The second-order valence-corrected chi connectivity index (χ2v) is 9.94. The lowest BCUT2D eigenvalue weighted by molar-refractivity contribution is 0.432. The minimum Gasteiger partial charge on any atom is -0.334 e. The van der Waals surface area contributed by atoms with Crippen molar-refractivity contribution in [1.82, 2.24) is 10.1 Å². The summed E-state index contributed by atoms with van der Waals surface area (Å²) in [7, 11) is -2.16. The normalized spacial score (nSPS) is 11.6. The van der Waals surface area contributed by atoms with Crippen molar-refractivity contribution in [3.05, 3.63) is 70.6 Å². The van der Waals surface area contributed by atoms with Crippen LogP contribution in [0.4, 0.5) is 5.69 Å². The predicted molar refractivity (Wildman–Crippen MR) is 115 cm³/mol. The highest BCUT2D eigenvalue weighted by Crippen LogP contribution is 2.32. The van der Waals surface area contributed by atoms with Crippen molar-refractivity contribution in [2.24, 2.45) is 0 Å². The summed E-state index contributed by atoms with van der Waals surface area (Å²) in [5.74, 6) is 0.662. The molecule has 0 bridgehead atoms. The predicted octanol–water partition coefficient (Wildman–Crippen LogP) is 5.25. The monoisotopic (exact) mass is 445 g/mol. The summed E-state index contributed by atoms with van der Waals surface area (Å²) in [6, 6.07) is 15.9. The van der Waals surface area contributed by atoms with Crippen molar-refractivity contribution >= 4 is 38.6 Å². The van der Waals surface area contributed by atoms with Crippen LogP contribution in [-0.4, -0.2) is 25.6 Å². The average Bonchev–Trinajstić information content (AvgIpc) is 3.38. The molecule has 6 nitrogen and oxygen atoms in total. The van der Waals surface area contributed by atoms with E-state index in [-0.39, 0.29) is 10.1 Å². The second-order valence-electron chi connectivity index (χ2n) is 6.39. The van der Waals surface area contributed by atoms with Crippen molar-refractivity contribution in [2.45, 2.75) is 11.1 Å². The number of hydrogen-bond acceptors (Lipinski definition) is 6. The van der Waals surface area contributed by atoms with Gasteiger partial charge >= 0.3 is 0 Å². The molecule has 4 aromatic rings. The average molecular weight is 446 g/mol. The van der Waals surface area contributed by atoms with Gasteiger partial charge in [0.2, 0.25) is 5.82 Å². The first-order valence-electron chi connectivity index (χ1n) is 8.59. The third kappa shape index (κ3) is 3.91. The Hall–Kier alpha value is -2.68. The lowest BCUT2D eigenvalue weighted by Crippen LogP contribution is -2.25. The minimum atomic E-state index is -3.69. The second kappa shape index (κ2) is 7.62. The summed E-state index contributed by atoms with van der Waals surface area (Å²) >= 11 is 7.01. The molecule has 0 N–H and O–H groups in total.